The van der Waals surface area contributed by atoms with Crippen molar-refractivity contribution in [2.45, 2.75) is 6.10 Å². The van der Waals surface area contributed by atoms with E-state index in [2.05, 4.69) is 5.32 Å². The molecule has 0 aliphatic heterocycles. The number of nitrogens with one attached hydrogen (secondary N) is 1. The highest BCUT2D eigenvalue weighted by Crippen LogP contribution is 2.18. The van der Waals surface area contributed by atoms with Crippen LogP contribution < -0.4 is 10.1 Å². The van der Waals surface area contributed by atoms with E-state index in [0.29, 0.717) is 11.3 Å². The van der Waals surface area contributed by atoms with Gasteiger partial charge in [-0.3, -0.25) is 0 Å². The van der Waals surface area contributed by atoms with Gasteiger partial charge in [0.2, 0.25) is 0 Å². The lowest BCUT2D eigenvalue weighted by molar-refractivity contribution is 0.0508. The summed E-state index contributed by atoms with van der Waals surface area (Å²) < 4.78 is 31.0. The fraction of sp³-hybridized carbons (Fsp3) is 0.455. The molecule has 1 unspecified atom stereocenters. The van der Waals surface area contributed by atoms with E-state index in [0.717, 1.165) is 0 Å². The molecule has 0 aliphatic rings. The van der Waals surface area contributed by atoms with Gasteiger partial charge in [0.05, 0.1) is 6.10 Å². The van der Waals surface area contributed by atoms with Crippen LogP contribution in [0.25, 0.3) is 0 Å². The maximum atomic E-state index is 9.83. The van der Waals surface area contributed by atoms with Crippen molar-refractivity contribution >= 4 is 0 Å². The lowest BCUT2D eigenvalue weighted by atomic mass is 10.1. The third kappa shape index (κ3) is 3.87. The van der Waals surface area contributed by atoms with Crippen LogP contribution in [0.4, 0.5) is 0 Å². The second-order valence-electron chi connectivity index (χ2n) is 3.02. The van der Waals surface area contributed by atoms with Crippen molar-refractivity contribution < 1.29 is 18.7 Å². The highest BCUT2D eigenvalue weighted by Gasteiger charge is 2.06. The molecule has 0 aliphatic carbocycles. The molecule has 0 amide bonds. The summed E-state index contributed by atoms with van der Waals surface area (Å²) in [6, 6.07) is 6.79. The van der Waals surface area contributed by atoms with E-state index in [1.54, 1.807) is 24.3 Å². The monoisotopic (exact) mass is 214 g/mol. The Labute approximate surface area is 94.0 Å². The van der Waals surface area contributed by atoms with Crippen molar-refractivity contribution in [1.29, 1.82) is 0 Å². The van der Waals surface area contributed by atoms with Crippen LogP contribution in [-0.2, 0) is 4.74 Å². The molecule has 84 valence electrons. The highest BCUT2D eigenvalue weighted by atomic mass is 16.7. The largest absolute Gasteiger partial charge is 0.468 e. The first-order valence-corrected chi connectivity index (χ1v) is 4.57. The summed E-state index contributed by atoms with van der Waals surface area (Å²) in [5.41, 5.74) is 0.584. The van der Waals surface area contributed by atoms with Crippen LogP contribution in [0.3, 0.4) is 0 Å². The van der Waals surface area contributed by atoms with E-state index in [1.165, 1.54) is 7.11 Å². The minimum absolute atomic E-state index is 0.0514. The van der Waals surface area contributed by atoms with Gasteiger partial charge in [0.25, 0.3) is 0 Å². The van der Waals surface area contributed by atoms with Crippen LogP contribution in [0.2, 0.25) is 0 Å². The molecule has 0 fully saturated rings. The molecule has 2 N–H and O–H groups in total. The quantitative estimate of drug-likeness (QED) is 0.691. The molecule has 0 saturated carbocycles. The first-order valence-electron chi connectivity index (χ1n) is 6.07. The Balaban J connectivity index is 2.59. The fourth-order valence-electron chi connectivity index (χ4n) is 1.15. The van der Waals surface area contributed by atoms with Gasteiger partial charge < -0.3 is 19.9 Å². The van der Waals surface area contributed by atoms with Crippen LogP contribution in [0, 0.1) is 0 Å². The summed E-state index contributed by atoms with van der Waals surface area (Å²) in [5.74, 6) is 0.558. The molecule has 1 aromatic rings. The van der Waals surface area contributed by atoms with Gasteiger partial charge >= 0.3 is 0 Å². The summed E-state index contributed by atoms with van der Waals surface area (Å²) in [5, 5.41) is 12.1. The standard InChI is InChI=1S/C11H17NO3/c1-12-7-11(13)9-4-3-5-10(6-9)15-8-14-2/h3-6,11-13H,7-8H2,1-2H3/i1D3. The van der Waals surface area contributed by atoms with Crippen molar-refractivity contribution in [2.24, 2.45) is 0 Å². The first-order chi connectivity index (χ1) is 8.42. The zero-order valence-electron chi connectivity index (χ0n) is 11.6. The molecule has 0 heterocycles. The average molecular weight is 214 g/mol. The number of methoxy groups -OCH3 is 1. The Morgan fingerprint density at radius 1 is 1.60 bits per heavy atom. The molecule has 1 atom stereocenters. The van der Waals surface area contributed by atoms with Crippen molar-refractivity contribution in [3.8, 4) is 5.75 Å². The molecule has 4 nitrogen and oxygen atoms in total. The Morgan fingerprint density at radius 3 is 3.20 bits per heavy atom. The highest BCUT2D eigenvalue weighted by molar-refractivity contribution is 5.29. The van der Waals surface area contributed by atoms with Crippen LogP contribution in [0.15, 0.2) is 24.3 Å². The van der Waals surface area contributed by atoms with Gasteiger partial charge in [0, 0.05) is 17.8 Å². The number of benzene rings is 1. The average Bonchev–Trinajstić information content (AvgIpc) is 2.33. The van der Waals surface area contributed by atoms with Gasteiger partial charge in [0.1, 0.15) is 5.75 Å². The van der Waals surface area contributed by atoms with E-state index in [4.69, 9.17) is 13.6 Å². The maximum absolute atomic E-state index is 9.83. The molecule has 15 heavy (non-hydrogen) atoms. The summed E-state index contributed by atoms with van der Waals surface area (Å²) in [6.45, 7) is -2.19. The Kier molecular flexibility index (Phi) is 3.45. The first kappa shape index (κ1) is 8.10. The summed E-state index contributed by atoms with van der Waals surface area (Å²) in [4.78, 5) is 0. The van der Waals surface area contributed by atoms with Crippen LogP contribution in [0.1, 0.15) is 15.8 Å². The van der Waals surface area contributed by atoms with E-state index < -0.39 is 13.1 Å². The molecule has 4 heteroatoms. The molecule has 1 rings (SSSR count). The number of hydrogen-bond donors (Lipinski definition) is 2. The molecule has 0 bridgehead atoms. The van der Waals surface area contributed by atoms with Crippen LogP contribution in [0.5, 0.6) is 5.75 Å². The molecular formula is C11H17NO3. The lowest BCUT2D eigenvalue weighted by Gasteiger charge is -2.12. The number of aliphatic hydroxyl groups is 1. The molecule has 0 radical (unpaired) electrons. The molecule has 1 aromatic carbocycles. The topological polar surface area (TPSA) is 50.7 Å². The molecule has 0 spiro atoms. The number of ether oxygens (including phenoxy) is 2. The van der Waals surface area contributed by atoms with Gasteiger partial charge in [0.15, 0.2) is 6.79 Å². The minimum atomic E-state index is -2.26. The third-order valence-corrected chi connectivity index (χ3v) is 1.88. The van der Waals surface area contributed by atoms with Crippen LogP contribution >= 0.6 is 0 Å². The van der Waals surface area contributed by atoms with E-state index in [1.807, 2.05) is 0 Å². The Hall–Kier alpha value is -1.10. The number of hydrogen-bond acceptors (Lipinski definition) is 4. The maximum Gasteiger partial charge on any atom is 0.188 e. The lowest BCUT2D eigenvalue weighted by Crippen LogP contribution is -2.16. The van der Waals surface area contributed by atoms with Gasteiger partial charge in [-0.1, -0.05) is 12.1 Å². The second-order valence-corrected chi connectivity index (χ2v) is 3.02. The Morgan fingerprint density at radius 2 is 2.47 bits per heavy atom. The number of likely N-dealkylation sites (N-methyl/N-ethyl adjacent to an activating group) is 1. The van der Waals surface area contributed by atoms with Crippen molar-refractivity contribution in [2.75, 3.05) is 27.4 Å². The van der Waals surface area contributed by atoms with Gasteiger partial charge in [-0.05, 0) is 24.7 Å². The van der Waals surface area contributed by atoms with Crippen molar-refractivity contribution in [3.63, 3.8) is 0 Å². The van der Waals surface area contributed by atoms with E-state index in [9.17, 15) is 5.11 Å². The summed E-state index contributed by atoms with van der Waals surface area (Å²) in [7, 11) is 1.51. The van der Waals surface area contributed by atoms with Gasteiger partial charge in [-0.2, -0.15) is 0 Å². The molecule has 0 saturated heterocycles. The van der Waals surface area contributed by atoms with E-state index in [-0.39, 0.29) is 13.3 Å². The third-order valence-electron chi connectivity index (χ3n) is 1.88. The zero-order chi connectivity index (χ0) is 13.6. The number of aliphatic hydroxyl groups excluding tert-OH is 1. The normalized spacial score (nSPS) is 16.3. The van der Waals surface area contributed by atoms with E-state index >= 15 is 0 Å². The van der Waals surface area contributed by atoms with Crippen molar-refractivity contribution in [1.82, 2.24) is 5.32 Å². The summed E-state index contributed by atoms with van der Waals surface area (Å²) in [6.07, 6.45) is -0.906. The molecular weight excluding hydrogens is 194 g/mol. The SMILES string of the molecule is [2H]C([2H])([2H])NCC(O)c1cccc(OCOC)c1. The zero-order valence-corrected chi connectivity index (χ0v) is 8.56. The van der Waals surface area contributed by atoms with Gasteiger partial charge in [-0.25, -0.2) is 0 Å². The number of rotatable bonds is 6. The molecule has 0 aromatic heterocycles. The minimum Gasteiger partial charge on any atom is -0.468 e. The predicted molar refractivity (Wildman–Crippen MR) is 57.8 cm³/mol. The Bertz CT molecular complexity index is 371. The smallest absolute Gasteiger partial charge is 0.188 e. The fourth-order valence-corrected chi connectivity index (χ4v) is 1.15. The second kappa shape index (κ2) is 6.40. The van der Waals surface area contributed by atoms with Crippen molar-refractivity contribution in [3.05, 3.63) is 29.8 Å². The van der Waals surface area contributed by atoms with Crippen LogP contribution in [-0.4, -0.2) is 32.5 Å². The summed E-state index contributed by atoms with van der Waals surface area (Å²) >= 11 is 0. The van der Waals surface area contributed by atoms with Gasteiger partial charge in [-0.15, -0.1) is 0 Å². The predicted octanol–water partition coefficient (Wildman–Crippen LogP) is 0.922.